The van der Waals surface area contributed by atoms with Crippen LogP contribution in [0.2, 0.25) is 5.02 Å². The van der Waals surface area contributed by atoms with Gasteiger partial charge in [-0.15, -0.1) is 0 Å². The Bertz CT molecular complexity index is 550. The number of rotatable bonds is 2. The Morgan fingerprint density at radius 3 is 2.94 bits per heavy atom. The first kappa shape index (κ1) is 11.9. The maximum Gasteiger partial charge on any atom is 0.0888 e. The van der Waals surface area contributed by atoms with Crippen LogP contribution in [0.3, 0.4) is 0 Å². The summed E-state index contributed by atoms with van der Waals surface area (Å²) in [6.45, 7) is 5.33. The molecule has 0 aliphatic carbocycles. The fourth-order valence-electron chi connectivity index (χ4n) is 2.38. The molecule has 2 aromatic rings. The zero-order valence-corrected chi connectivity index (χ0v) is 11.0. The number of piperazine rings is 1. The van der Waals surface area contributed by atoms with E-state index in [1.165, 1.54) is 5.56 Å². The van der Waals surface area contributed by atoms with Gasteiger partial charge in [-0.3, -0.25) is 9.88 Å². The third-order valence-electron chi connectivity index (χ3n) is 3.33. The van der Waals surface area contributed by atoms with Crippen LogP contribution < -0.4 is 5.32 Å². The Morgan fingerprint density at radius 1 is 1.28 bits per heavy atom. The van der Waals surface area contributed by atoms with E-state index in [4.69, 9.17) is 11.6 Å². The fourth-order valence-corrected chi connectivity index (χ4v) is 2.61. The summed E-state index contributed by atoms with van der Waals surface area (Å²) < 4.78 is 0. The number of halogens is 1. The molecule has 0 atom stereocenters. The molecule has 1 aromatic carbocycles. The van der Waals surface area contributed by atoms with E-state index in [0.717, 1.165) is 48.6 Å². The molecule has 0 spiro atoms. The number of para-hydroxylation sites is 1. The van der Waals surface area contributed by atoms with Gasteiger partial charge in [0.2, 0.25) is 0 Å². The van der Waals surface area contributed by atoms with Gasteiger partial charge >= 0.3 is 0 Å². The highest BCUT2D eigenvalue weighted by Gasteiger charge is 2.10. The number of aromatic nitrogens is 1. The molecule has 1 aliphatic rings. The molecule has 0 bridgehead atoms. The summed E-state index contributed by atoms with van der Waals surface area (Å²) in [6, 6.07) is 8.11. The summed E-state index contributed by atoms with van der Waals surface area (Å²) in [5, 5.41) is 5.21. The van der Waals surface area contributed by atoms with Crippen molar-refractivity contribution in [2.24, 2.45) is 0 Å². The second kappa shape index (κ2) is 5.22. The zero-order valence-electron chi connectivity index (χ0n) is 10.2. The number of hydrogen-bond acceptors (Lipinski definition) is 3. The van der Waals surface area contributed by atoms with Gasteiger partial charge in [0.1, 0.15) is 0 Å². The third kappa shape index (κ3) is 2.48. The summed E-state index contributed by atoms with van der Waals surface area (Å²) in [5.41, 5.74) is 2.15. The monoisotopic (exact) mass is 261 g/mol. The summed E-state index contributed by atoms with van der Waals surface area (Å²) in [5.74, 6) is 0. The Kier molecular flexibility index (Phi) is 3.46. The van der Waals surface area contributed by atoms with Crippen molar-refractivity contribution >= 4 is 22.5 Å². The number of benzene rings is 1. The predicted molar refractivity (Wildman–Crippen MR) is 74.9 cm³/mol. The molecule has 0 saturated carbocycles. The van der Waals surface area contributed by atoms with Crippen LogP contribution in [0.25, 0.3) is 10.9 Å². The van der Waals surface area contributed by atoms with Crippen molar-refractivity contribution in [3.05, 3.63) is 41.0 Å². The lowest BCUT2D eigenvalue weighted by atomic mass is 10.1. The van der Waals surface area contributed by atoms with Gasteiger partial charge in [-0.05, 0) is 17.7 Å². The van der Waals surface area contributed by atoms with Crippen LogP contribution in [0, 0.1) is 0 Å². The Labute approximate surface area is 112 Å². The standard InChI is InChI=1S/C14H16ClN3/c15-13-3-1-2-12-8-11(9-17-14(12)13)10-18-6-4-16-5-7-18/h1-3,8-9,16H,4-7,10H2. The average Bonchev–Trinajstić information content (AvgIpc) is 2.40. The van der Waals surface area contributed by atoms with Crippen molar-refractivity contribution in [3.8, 4) is 0 Å². The lowest BCUT2D eigenvalue weighted by Crippen LogP contribution is -2.42. The van der Waals surface area contributed by atoms with Crippen molar-refractivity contribution in [3.63, 3.8) is 0 Å². The van der Waals surface area contributed by atoms with Crippen molar-refractivity contribution < 1.29 is 0 Å². The normalized spacial score (nSPS) is 17.2. The molecule has 3 nitrogen and oxygen atoms in total. The van der Waals surface area contributed by atoms with Gasteiger partial charge in [0, 0.05) is 44.3 Å². The molecule has 18 heavy (non-hydrogen) atoms. The van der Waals surface area contributed by atoms with Crippen LogP contribution in [-0.4, -0.2) is 36.1 Å². The molecule has 0 radical (unpaired) electrons. The van der Waals surface area contributed by atoms with Gasteiger partial charge in [0.05, 0.1) is 10.5 Å². The Morgan fingerprint density at radius 2 is 2.11 bits per heavy atom. The van der Waals surface area contributed by atoms with Crippen LogP contribution in [0.5, 0.6) is 0 Å². The van der Waals surface area contributed by atoms with E-state index < -0.39 is 0 Å². The second-order valence-corrected chi connectivity index (χ2v) is 5.09. The van der Waals surface area contributed by atoms with E-state index in [2.05, 4.69) is 27.3 Å². The fraction of sp³-hybridized carbons (Fsp3) is 0.357. The van der Waals surface area contributed by atoms with Gasteiger partial charge in [0.15, 0.2) is 0 Å². The van der Waals surface area contributed by atoms with E-state index in [1.807, 2.05) is 18.3 Å². The van der Waals surface area contributed by atoms with Gasteiger partial charge in [-0.2, -0.15) is 0 Å². The quantitative estimate of drug-likeness (QED) is 0.899. The molecule has 3 rings (SSSR count). The van der Waals surface area contributed by atoms with Crippen LogP contribution in [0.1, 0.15) is 5.56 Å². The minimum absolute atomic E-state index is 0.723. The van der Waals surface area contributed by atoms with Gasteiger partial charge in [0.25, 0.3) is 0 Å². The molecule has 4 heteroatoms. The maximum absolute atomic E-state index is 6.12. The van der Waals surface area contributed by atoms with Gasteiger partial charge < -0.3 is 5.32 Å². The lowest BCUT2D eigenvalue weighted by Gasteiger charge is -2.27. The van der Waals surface area contributed by atoms with E-state index in [-0.39, 0.29) is 0 Å². The van der Waals surface area contributed by atoms with Crippen molar-refractivity contribution in [2.75, 3.05) is 26.2 Å². The first-order valence-corrected chi connectivity index (χ1v) is 6.67. The largest absolute Gasteiger partial charge is 0.314 e. The summed E-state index contributed by atoms with van der Waals surface area (Å²) in [6.07, 6.45) is 1.94. The number of pyridine rings is 1. The van der Waals surface area contributed by atoms with Gasteiger partial charge in [-0.1, -0.05) is 23.7 Å². The lowest BCUT2D eigenvalue weighted by molar-refractivity contribution is 0.233. The number of hydrogen-bond donors (Lipinski definition) is 1. The smallest absolute Gasteiger partial charge is 0.0888 e. The van der Waals surface area contributed by atoms with E-state index in [0.29, 0.717) is 0 Å². The zero-order chi connectivity index (χ0) is 12.4. The van der Waals surface area contributed by atoms with Crippen LogP contribution in [-0.2, 0) is 6.54 Å². The first-order valence-electron chi connectivity index (χ1n) is 6.29. The molecule has 1 fully saturated rings. The Balaban J connectivity index is 1.84. The summed E-state index contributed by atoms with van der Waals surface area (Å²) >= 11 is 6.12. The van der Waals surface area contributed by atoms with Crippen molar-refractivity contribution in [1.29, 1.82) is 0 Å². The SMILES string of the molecule is Clc1cccc2cc(CN3CCNCC3)cnc12. The highest BCUT2D eigenvalue weighted by Crippen LogP contribution is 2.22. The second-order valence-electron chi connectivity index (χ2n) is 4.68. The molecule has 1 aromatic heterocycles. The molecular weight excluding hydrogens is 246 g/mol. The number of nitrogens with zero attached hydrogens (tertiary/aromatic N) is 2. The van der Waals surface area contributed by atoms with Gasteiger partial charge in [-0.25, -0.2) is 0 Å². The first-order chi connectivity index (χ1) is 8.83. The van der Waals surface area contributed by atoms with Crippen LogP contribution >= 0.6 is 11.6 Å². The van der Waals surface area contributed by atoms with E-state index >= 15 is 0 Å². The van der Waals surface area contributed by atoms with Crippen molar-refractivity contribution in [1.82, 2.24) is 15.2 Å². The molecule has 94 valence electrons. The summed E-state index contributed by atoms with van der Waals surface area (Å²) in [7, 11) is 0. The minimum atomic E-state index is 0.723. The molecule has 1 aliphatic heterocycles. The Hall–Kier alpha value is -1.16. The van der Waals surface area contributed by atoms with Crippen molar-refractivity contribution in [2.45, 2.75) is 6.54 Å². The molecule has 1 N–H and O–H groups in total. The highest BCUT2D eigenvalue weighted by molar-refractivity contribution is 6.35. The molecule has 2 heterocycles. The summed E-state index contributed by atoms with van der Waals surface area (Å²) in [4.78, 5) is 6.92. The molecule has 1 saturated heterocycles. The minimum Gasteiger partial charge on any atom is -0.314 e. The number of nitrogens with one attached hydrogen (secondary N) is 1. The number of fused-ring (bicyclic) bond motifs is 1. The van der Waals surface area contributed by atoms with E-state index in [1.54, 1.807) is 0 Å². The topological polar surface area (TPSA) is 28.2 Å². The molecule has 0 unspecified atom stereocenters. The predicted octanol–water partition coefficient (Wildman–Crippen LogP) is 2.29. The molecular formula is C14H16ClN3. The molecule has 0 amide bonds. The third-order valence-corrected chi connectivity index (χ3v) is 3.64. The maximum atomic E-state index is 6.12. The van der Waals surface area contributed by atoms with Crippen LogP contribution in [0.4, 0.5) is 0 Å². The van der Waals surface area contributed by atoms with Crippen LogP contribution in [0.15, 0.2) is 30.5 Å². The van der Waals surface area contributed by atoms with E-state index in [9.17, 15) is 0 Å². The highest BCUT2D eigenvalue weighted by atomic mass is 35.5. The average molecular weight is 262 g/mol.